The van der Waals surface area contributed by atoms with E-state index < -0.39 is 0 Å². The van der Waals surface area contributed by atoms with Crippen molar-refractivity contribution in [3.05, 3.63) is 59.9 Å². The van der Waals surface area contributed by atoms with Gasteiger partial charge >= 0.3 is 0 Å². The first kappa shape index (κ1) is 15.9. The van der Waals surface area contributed by atoms with Crippen LogP contribution in [0.4, 0.5) is 4.39 Å². The van der Waals surface area contributed by atoms with E-state index in [2.05, 4.69) is 48.2 Å². The first-order chi connectivity index (χ1) is 11.9. The first-order valence-corrected chi connectivity index (χ1v) is 8.82. The summed E-state index contributed by atoms with van der Waals surface area (Å²) < 4.78 is 15.2. The first-order valence-electron chi connectivity index (χ1n) is 8.01. The van der Waals surface area contributed by atoms with Crippen molar-refractivity contribution < 1.29 is 4.39 Å². The van der Waals surface area contributed by atoms with Crippen LogP contribution in [-0.2, 0) is 5.41 Å². The lowest BCUT2D eigenvalue weighted by molar-refractivity contribution is 0.590. The zero-order chi connectivity index (χ0) is 17.6. The fourth-order valence-electron chi connectivity index (χ4n) is 2.65. The van der Waals surface area contributed by atoms with Gasteiger partial charge in [-0.3, -0.25) is 0 Å². The number of benzene rings is 2. The molecule has 126 valence electrons. The van der Waals surface area contributed by atoms with Crippen LogP contribution in [0, 0.1) is 5.82 Å². The molecule has 0 N–H and O–H groups in total. The molecule has 0 aliphatic heterocycles. The maximum absolute atomic E-state index is 13.5. The Morgan fingerprint density at radius 2 is 1.72 bits per heavy atom. The van der Waals surface area contributed by atoms with Gasteiger partial charge in [-0.2, -0.15) is 9.61 Å². The predicted molar refractivity (Wildman–Crippen MR) is 98.2 cm³/mol. The average molecular weight is 352 g/mol. The summed E-state index contributed by atoms with van der Waals surface area (Å²) in [6.07, 6.45) is 0. The summed E-state index contributed by atoms with van der Waals surface area (Å²) >= 11 is 1.39. The van der Waals surface area contributed by atoms with Crippen LogP contribution < -0.4 is 0 Å². The van der Waals surface area contributed by atoms with Gasteiger partial charge in [0.1, 0.15) is 10.8 Å². The summed E-state index contributed by atoms with van der Waals surface area (Å²) in [6.45, 7) is 6.55. The number of halogens is 1. The van der Waals surface area contributed by atoms with E-state index in [0.717, 1.165) is 16.1 Å². The van der Waals surface area contributed by atoms with Crippen LogP contribution >= 0.6 is 11.3 Å². The molecule has 0 unspecified atom stereocenters. The molecule has 2 heterocycles. The normalized spacial score (nSPS) is 12.0. The number of hydrogen-bond donors (Lipinski definition) is 0. The summed E-state index contributed by atoms with van der Waals surface area (Å²) in [4.78, 5) is 0.689. The molecule has 25 heavy (non-hydrogen) atoms. The smallest absolute Gasteiger partial charge is 0.207 e. The molecular formula is C19H17FN4S. The van der Waals surface area contributed by atoms with Crippen LogP contribution in [0.3, 0.4) is 0 Å². The fraction of sp³-hybridized carbons (Fsp3) is 0.211. The van der Waals surface area contributed by atoms with Crippen LogP contribution in [0.5, 0.6) is 0 Å². The van der Waals surface area contributed by atoms with E-state index in [1.807, 2.05) is 18.2 Å². The zero-order valence-electron chi connectivity index (χ0n) is 14.2. The van der Waals surface area contributed by atoms with Gasteiger partial charge < -0.3 is 0 Å². The average Bonchev–Trinajstić information content (AvgIpc) is 3.14. The summed E-state index contributed by atoms with van der Waals surface area (Å²) in [5, 5.41) is 13.8. The van der Waals surface area contributed by atoms with Crippen LogP contribution in [0.25, 0.3) is 26.9 Å². The Labute approximate surface area is 149 Å². The molecule has 0 aliphatic rings. The Balaban J connectivity index is 1.76. The SMILES string of the molecule is CC(C)(C)c1ccc(-c2nnc3sc(-c4cccc(F)c4)nn23)cc1. The zero-order valence-corrected chi connectivity index (χ0v) is 15.0. The molecule has 0 saturated heterocycles. The van der Waals surface area contributed by atoms with Crippen molar-refractivity contribution >= 4 is 16.3 Å². The molecule has 0 bridgehead atoms. The molecule has 0 spiro atoms. The largest absolute Gasteiger partial charge is 0.235 e. The molecule has 0 radical (unpaired) electrons. The second-order valence-corrected chi connectivity index (χ2v) is 7.92. The summed E-state index contributed by atoms with van der Waals surface area (Å²) in [7, 11) is 0. The van der Waals surface area contributed by atoms with Crippen molar-refractivity contribution in [2.45, 2.75) is 26.2 Å². The van der Waals surface area contributed by atoms with Gasteiger partial charge in [0, 0.05) is 11.1 Å². The minimum atomic E-state index is -0.276. The highest BCUT2D eigenvalue weighted by atomic mass is 32.1. The van der Waals surface area contributed by atoms with Gasteiger partial charge in [0.2, 0.25) is 4.96 Å². The van der Waals surface area contributed by atoms with E-state index in [0.29, 0.717) is 10.8 Å². The summed E-state index contributed by atoms with van der Waals surface area (Å²) in [6, 6.07) is 14.7. The quantitative estimate of drug-likeness (QED) is 0.512. The Bertz CT molecular complexity index is 1040. The van der Waals surface area contributed by atoms with E-state index in [4.69, 9.17) is 0 Å². The molecular weight excluding hydrogens is 335 g/mol. The summed E-state index contributed by atoms with van der Waals surface area (Å²) in [5.41, 5.74) is 3.06. The molecule has 0 atom stereocenters. The van der Waals surface area contributed by atoms with E-state index >= 15 is 0 Å². The van der Waals surface area contributed by atoms with E-state index in [1.54, 1.807) is 10.6 Å². The molecule has 6 heteroatoms. The van der Waals surface area contributed by atoms with Crippen LogP contribution in [0.2, 0.25) is 0 Å². The predicted octanol–water partition coefficient (Wildman–Crippen LogP) is 4.96. The fourth-order valence-corrected chi connectivity index (χ4v) is 3.49. The Hall–Kier alpha value is -2.60. The summed E-state index contributed by atoms with van der Waals surface area (Å²) in [5.74, 6) is 0.413. The molecule has 4 nitrogen and oxygen atoms in total. The minimum Gasteiger partial charge on any atom is -0.207 e. The molecule has 4 aromatic rings. The van der Waals surface area contributed by atoms with E-state index in [1.165, 1.54) is 29.0 Å². The van der Waals surface area contributed by atoms with E-state index in [9.17, 15) is 4.39 Å². The molecule has 0 fully saturated rings. The van der Waals surface area contributed by atoms with Crippen molar-refractivity contribution in [3.63, 3.8) is 0 Å². The van der Waals surface area contributed by atoms with Crippen LogP contribution in [0.1, 0.15) is 26.3 Å². The van der Waals surface area contributed by atoms with Crippen LogP contribution in [-0.4, -0.2) is 19.8 Å². The Morgan fingerprint density at radius 3 is 2.40 bits per heavy atom. The van der Waals surface area contributed by atoms with E-state index in [-0.39, 0.29) is 11.2 Å². The minimum absolute atomic E-state index is 0.101. The molecule has 2 aromatic heterocycles. The molecule has 0 aliphatic carbocycles. The Kier molecular flexibility index (Phi) is 3.65. The van der Waals surface area contributed by atoms with Gasteiger partial charge in [-0.05, 0) is 23.1 Å². The van der Waals surface area contributed by atoms with Gasteiger partial charge in [0.15, 0.2) is 5.82 Å². The second kappa shape index (κ2) is 5.74. The number of hydrogen-bond acceptors (Lipinski definition) is 4. The van der Waals surface area contributed by atoms with Gasteiger partial charge in [0.25, 0.3) is 0 Å². The molecule has 2 aromatic carbocycles. The van der Waals surface area contributed by atoms with Gasteiger partial charge in [-0.25, -0.2) is 4.39 Å². The maximum Gasteiger partial charge on any atom is 0.235 e. The van der Waals surface area contributed by atoms with Gasteiger partial charge in [-0.15, -0.1) is 10.2 Å². The van der Waals surface area contributed by atoms with Crippen molar-refractivity contribution in [1.29, 1.82) is 0 Å². The maximum atomic E-state index is 13.5. The third kappa shape index (κ3) is 2.93. The molecule has 0 amide bonds. The lowest BCUT2D eigenvalue weighted by Gasteiger charge is -2.18. The third-order valence-corrected chi connectivity index (χ3v) is 5.02. The third-order valence-electron chi connectivity index (χ3n) is 4.07. The highest BCUT2D eigenvalue weighted by Gasteiger charge is 2.17. The van der Waals surface area contributed by atoms with Crippen molar-refractivity contribution in [3.8, 4) is 22.0 Å². The van der Waals surface area contributed by atoms with Crippen molar-refractivity contribution in [2.24, 2.45) is 0 Å². The number of rotatable bonds is 2. The number of fused-ring (bicyclic) bond motifs is 1. The second-order valence-electron chi connectivity index (χ2n) is 6.96. The molecule has 4 rings (SSSR count). The van der Waals surface area contributed by atoms with Crippen molar-refractivity contribution in [2.75, 3.05) is 0 Å². The van der Waals surface area contributed by atoms with Crippen LogP contribution in [0.15, 0.2) is 48.5 Å². The monoisotopic (exact) mass is 352 g/mol. The lowest BCUT2D eigenvalue weighted by Crippen LogP contribution is -2.10. The molecule has 0 saturated carbocycles. The number of aromatic nitrogens is 4. The number of nitrogens with zero attached hydrogens (tertiary/aromatic N) is 4. The van der Waals surface area contributed by atoms with Gasteiger partial charge in [-0.1, -0.05) is 68.5 Å². The lowest BCUT2D eigenvalue weighted by atomic mass is 9.87. The van der Waals surface area contributed by atoms with Gasteiger partial charge in [0.05, 0.1) is 0 Å². The standard InChI is InChI=1S/C19H17FN4S/c1-19(2,3)14-9-7-12(8-10-14)16-21-22-18-24(16)23-17(25-18)13-5-4-6-15(20)11-13/h4-11H,1-3H3. The topological polar surface area (TPSA) is 43.1 Å². The highest BCUT2D eigenvalue weighted by molar-refractivity contribution is 7.19. The highest BCUT2D eigenvalue weighted by Crippen LogP contribution is 2.29. The van der Waals surface area contributed by atoms with Crippen molar-refractivity contribution in [1.82, 2.24) is 19.8 Å². The Morgan fingerprint density at radius 1 is 0.960 bits per heavy atom.